The lowest BCUT2D eigenvalue weighted by atomic mass is 10.3. The molecule has 3 nitrogen and oxygen atoms in total. The van der Waals surface area contributed by atoms with Crippen LogP contribution in [-0.2, 0) is 0 Å². The molecule has 0 saturated carbocycles. The summed E-state index contributed by atoms with van der Waals surface area (Å²) in [4.78, 5) is 4.40. The van der Waals surface area contributed by atoms with E-state index in [1.807, 2.05) is 35.9 Å². The standard InChI is InChI=1S/C9H10BrN3.2ClH/c1-6(11)8-5-13-4-2-3-7(10)9(13)12-8;;/h2-6H,11H2,1H3;2*1H. The molecule has 2 N–H and O–H groups in total. The van der Waals surface area contributed by atoms with Crippen molar-refractivity contribution in [3.63, 3.8) is 0 Å². The summed E-state index contributed by atoms with van der Waals surface area (Å²) in [5.74, 6) is 0. The fourth-order valence-electron chi connectivity index (χ4n) is 1.22. The Morgan fingerprint density at radius 1 is 1.47 bits per heavy atom. The number of imidazole rings is 1. The van der Waals surface area contributed by atoms with Gasteiger partial charge in [-0.15, -0.1) is 24.8 Å². The first-order valence-corrected chi connectivity index (χ1v) is 4.86. The summed E-state index contributed by atoms with van der Waals surface area (Å²) in [7, 11) is 0. The Hall–Kier alpha value is -0.290. The number of nitrogens with two attached hydrogens (primary N) is 1. The quantitative estimate of drug-likeness (QED) is 0.879. The maximum atomic E-state index is 5.74. The lowest BCUT2D eigenvalue weighted by Gasteiger charge is -1.95. The van der Waals surface area contributed by atoms with E-state index >= 15 is 0 Å². The first-order valence-electron chi connectivity index (χ1n) is 4.07. The highest BCUT2D eigenvalue weighted by Gasteiger charge is 2.06. The van der Waals surface area contributed by atoms with Crippen LogP contribution in [0.25, 0.3) is 5.65 Å². The van der Waals surface area contributed by atoms with Gasteiger partial charge in [0.15, 0.2) is 5.65 Å². The molecular weight excluding hydrogens is 301 g/mol. The number of hydrogen-bond acceptors (Lipinski definition) is 2. The zero-order chi connectivity index (χ0) is 9.42. The number of halogens is 3. The predicted octanol–water partition coefficient (Wildman–Crippen LogP) is 2.96. The van der Waals surface area contributed by atoms with Crippen molar-refractivity contribution in [2.45, 2.75) is 13.0 Å². The number of rotatable bonds is 1. The van der Waals surface area contributed by atoms with Crippen LogP contribution in [-0.4, -0.2) is 9.38 Å². The van der Waals surface area contributed by atoms with Crippen LogP contribution in [0.5, 0.6) is 0 Å². The Morgan fingerprint density at radius 2 is 2.13 bits per heavy atom. The molecule has 1 atom stereocenters. The van der Waals surface area contributed by atoms with Crippen LogP contribution in [0.2, 0.25) is 0 Å². The lowest BCUT2D eigenvalue weighted by Crippen LogP contribution is -2.04. The lowest BCUT2D eigenvalue weighted by molar-refractivity contribution is 0.790. The fraction of sp³-hybridized carbons (Fsp3) is 0.222. The van der Waals surface area contributed by atoms with Gasteiger partial charge in [-0.25, -0.2) is 4.98 Å². The van der Waals surface area contributed by atoms with Crippen LogP contribution in [0, 0.1) is 0 Å². The Kier molecular flexibility index (Phi) is 5.59. The van der Waals surface area contributed by atoms with Crippen molar-refractivity contribution < 1.29 is 0 Å². The highest BCUT2D eigenvalue weighted by atomic mass is 79.9. The van der Waals surface area contributed by atoms with Crippen molar-refractivity contribution in [3.8, 4) is 0 Å². The topological polar surface area (TPSA) is 43.3 Å². The highest BCUT2D eigenvalue weighted by molar-refractivity contribution is 9.10. The maximum Gasteiger partial charge on any atom is 0.151 e. The molecule has 15 heavy (non-hydrogen) atoms. The van der Waals surface area contributed by atoms with Gasteiger partial charge >= 0.3 is 0 Å². The van der Waals surface area contributed by atoms with E-state index in [1.165, 1.54) is 0 Å². The minimum absolute atomic E-state index is 0. The van der Waals surface area contributed by atoms with Crippen LogP contribution in [0.4, 0.5) is 0 Å². The molecule has 1 unspecified atom stereocenters. The molecule has 0 aliphatic rings. The summed E-state index contributed by atoms with van der Waals surface area (Å²) in [6.45, 7) is 1.93. The Morgan fingerprint density at radius 3 is 2.67 bits per heavy atom. The molecule has 0 fully saturated rings. The van der Waals surface area contributed by atoms with Crippen LogP contribution >= 0.6 is 40.7 Å². The van der Waals surface area contributed by atoms with Gasteiger partial charge in [-0.2, -0.15) is 0 Å². The molecule has 0 amide bonds. The summed E-state index contributed by atoms with van der Waals surface area (Å²) in [5, 5.41) is 0. The third-order valence-corrected chi connectivity index (χ3v) is 2.54. The van der Waals surface area contributed by atoms with E-state index in [0.29, 0.717) is 0 Å². The van der Waals surface area contributed by atoms with Crippen molar-refractivity contribution >= 4 is 46.4 Å². The molecule has 2 aromatic rings. The second-order valence-corrected chi connectivity index (χ2v) is 3.90. The molecule has 0 radical (unpaired) electrons. The molecular formula is C9H12BrCl2N3. The number of fused-ring (bicyclic) bond motifs is 1. The molecule has 0 bridgehead atoms. The minimum Gasteiger partial charge on any atom is -0.323 e. The van der Waals surface area contributed by atoms with Gasteiger partial charge < -0.3 is 10.1 Å². The number of nitrogens with zero attached hydrogens (tertiary/aromatic N) is 2. The summed E-state index contributed by atoms with van der Waals surface area (Å²) in [5.41, 5.74) is 7.56. The van der Waals surface area contributed by atoms with Crippen molar-refractivity contribution in [2.75, 3.05) is 0 Å². The average Bonchev–Trinajstić information content (AvgIpc) is 2.49. The van der Waals surface area contributed by atoms with E-state index < -0.39 is 0 Å². The number of aromatic nitrogens is 2. The fourth-order valence-corrected chi connectivity index (χ4v) is 1.66. The van der Waals surface area contributed by atoms with Crippen molar-refractivity contribution in [2.24, 2.45) is 5.73 Å². The van der Waals surface area contributed by atoms with Crippen LogP contribution in [0.1, 0.15) is 18.7 Å². The van der Waals surface area contributed by atoms with Crippen LogP contribution < -0.4 is 5.73 Å². The zero-order valence-electron chi connectivity index (χ0n) is 8.05. The molecule has 0 saturated heterocycles. The maximum absolute atomic E-state index is 5.74. The monoisotopic (exact) mass is 311 g/mol. The SMILES string of the molecule is CC(N)c1cn2cccc(Br)c2n1.Cl.Cl. The van der Waals surface area contributed by atoms with Gasteiger partial charge in [0, 0.05) is 18.4 Å². The number of pyridine rings is 1. The molecule has 0 aliphatic heterocycles. The highest BCUT2D eigenvalue weighted by Crippen LogP contribution is 2.18. The van der Waals surface area contributed by atoms with Gasteiger partial charge in [-0.05, 0) is 35.0 Å². The molecule has 0 aliphatic carbocycles. The third-order valence-electron chi connectivity index (χ3n) is 1.92. The van der Waals surface area contributed by atoms with E-state index in [0.717, 1.165) is 15.8 Å². The van der Waals surface area contributed by atoms with Gasteiger partial charge in [0.1, 0.15) is 0 Å². The van der Waals surface area contributed by atoms with Gasteiger partial charge in [0.25, 0.3) is 0 Å². The van der Waals surface area contributed by atoms with E-state index in [1.54, 1.807) is 0 Å². The van der Waals surface area contributed by atoms with E-state index in [9.17, 15) is 0 Å². The molecule has 2 aromatic heterocycles. The van der Waals surface area contributed by atoms with E-state index in [4.69, 9.17) is 5.73 Å². The molecule has 6 heteroatoms. The summed E-state index contributed by atoms with van der Waals surface area (Å²) >= 11 is 3.44. The van der Waals surface area contributed by atoms with Gasteiger partial charge in [-0.3, -0.25) is 0 Å². The van der Waals surface area contributed by atoms with Crippen molar-refractivity contribution in [1.29, 1.82) is 0 Å². The second-order valence-electron chi connectivity index (χ2n) is 3.04. The van der Waals surface area contributed by atoms with Crippen LogP contribution in [0.15, 0.2) is 29.0 Å². The zero-order valence-corrected chi connectivity index (χ0v) is 11.3. The smallest absolute Gasteiger partial charge is 0.151 e. The average molecular weight is 313 g/mol. The van der Waals surface area contributed by atoms with Gasteiger partial charge in [0.05, 0.1) is 10.2 Å². The van der Waals surface area contributed by atoms with Gasteiger partial charge in [0.2, 0.25) is 0 Å². The molecule has 2 rings (SSSR count). The number of hydrogen-bond donors (Lipinski definition) is 1. The van der Waals surface area contributed by atoms with Crippen molar-refractivity contribution in [3.05, 3.63) is 34.7 Å². The summed E-state index contributed by atoms with van der Waals surface area (Å²) in [6.07, 6.45) is 3.91. The molecule has 84 valence electrons. The normalized spacial score (nSPS) is 11.7. The largest absolute Gasteiger partial charge is 0.323 e. The summed E-state index contributed by atoms with van der Waals surface area (Å²) < 4.78 is 2.95. The second kappa shape index (κ2) is 5.70. The summed E-state index contributed by atoms with van der Waals surface area (Å²) in [6, 6.07) is 3.91. The van der Waals surface area contributed by atoms with E-state index in [-0.39, 0.29) is 30.9 Å². The predicted molar refractivity (Wildman–Crippen MR) is 70.0 cm³/mol. The Bertz CT molecular complexity index is 442. The minimum atomic E-state index is -0.0215. The molecule has 0 aromatic carbocycles. The Labute approximate surface area is 109 Å². The van der Waals surface area contributed by atoms with Crippen molar-refractivity contribution in [1.82, 2.24) is 9.38 Å². The van der Waals surface area contributed by atoms with Gasteiger partial charge in [-0.1, -0.05) is 0 Å². The first-order chi connectivity index (χ1) is 6.18. The van der Waals surface area contributed by atoms with E-state index in [2.05, 4.69) is 20.9 Å². The van der Waals surface area contributed by atoms with Crippen LogP contribution in [0.3, 0.4) is 0 Å². The Balaban J connectivity index is 0.000000980. The molecule has 0 spiro atoms. The third kappa shape index (κ3) is 2.84. The first kappa shape index (κ1) is 14.7. The molecule has 2 heterocycles.